The van der Waals surface area contributed by atoms with Gasteiger partial charge in [-0.05, 0) is 31.4 Å². The summed E-state index contributed by atoms with van der Waals surface area (Å²) < 4.78 is 5.39. The average molecular weight is 277 g/mol. The number of hydrogen-bond acceptors (Lipinski definition) is 4. The molecule has 1 aromatic carbocycles. The van der Waals surface area contributed by atoms with Gasteiger partial charge in [0.15, 0.2) is 0 Å². The number of ether oxygens (including phenoxy) is 1. The van der Waals surface area contributed by atoms with Crippen molar-refractivity contribution in [2.24, 2.45) is 11.7 Å². The highest BCUT2D eigenvalue weighted by Gasteiger charge is 2.25. The van der Waals surface area contributed by atoms with E-state index < -0.39 is 6.04 Å². The van der Waals surface area contributed by atoms with Crippen LogP contribution in [0.3, 0.4) is 0 Å². The number of amides is 1. The lowest BCUT2D eigenvalue weighted by atomic mass is 10.1. The third-order valence-corrected chi connectivity index (χ3v) is 3.69. The molecule has 1 fully saturated rings. The molecule has 2 rings (SSSR count). The zero-order chi connectivity index (χ0) is 14.5. The molecular weight excluding hydrogens is 254 g/mol. The van der Waals surface area contributed by atoms with Gasteiger partial charge in [-0.15, -0.1) is 0 Å². The standard InChI is InChI=1S/C15H23N3O2/c1-11(16)15(19)17-9-12-7-8-18(10-12)13-5-3-4-6-14(13)20-2/h3-6,11-12H,7-10,16H2,1-2H3,(H,17,19)/t11-,12?/m1/s1. The lowest BCUT2D eigenvalue weighted by molar-refractivity contribution is -0.122. The highest BCUT2D eigenvalue weighted by Crippen LogP contribution is 2.31. The molecular formula is C15H23N3O2. The van der Waals surface area contributed by atoms with Crippen LogP contribution in [0.2, 0.25) is 0 Å². The highest BCUT2D eigenvalue weighted by atomic mass is 16.5. The van der Waals surface area contributed by atoms with E-state index in [1.807, 2.05) is 18.2 Å². The number of anilines is 1. The molecule has 0 aromatic heterocycles. The molecule has 1 aliphatic rings. The van der Waals surface area contributed by atoms with Gasteiger partial charge in [0.2, 0.25) is 5.91 Å². The fraction of sp³-hybridized carbons (Fsp3) is 0.533. The van der Waals surface area contributed by atoms with Crippen molar-refractivity contribution in [3.8, 4) is 5.75 Å². The Balaban J connectivity index is 1.90. The number of nitrogens with zero attached hydrogens (tertiary/aromatic N) is 1. The van der Waals surface area contributed by atoms with Gasteiger partial charge < -0.3 is 20.7 Å². The molecule has 0 radical (unpaired) electrons. The summed E-state index contributed by atoms with van der Waals surface area (Å²) in [5, 5.41) is 2.90. The quantitative estimate of drug-likeness (QED) is 0.842. The Labute approximate surface area is 120 Å². The van der Waals surface area contributed by atoms with Crippen molar-refractivity contribution in [1.29, 1.82) is 0 Å². The lowest BCUT2D eigenvalue weighted by Gasteiger charge is -2.21. The molecule has 5 heteroatoms. The van der Waals surface area contributed by atoms with Crippen molar-refractivity contribution in [2.75, 3.05) is 31.6 Å². The predicted molar refractivity (Wildman–Crippen MR) is 80.0 cm³/mol. The van der Waals surface area contributed by atoms with E-state index in [1.165, 1.54) is 0 Å². The first-order chi connectivity index (χ1) is 9.61. The number of nitrogens with one attached hydrogen (secondary N) is 1. The summed E-state index contributed by atoms with van der Waals surface area (Å²) >= 11 is 0. The van der Waals surface area contributed by atoms with Gasteiger partial charge in [-0.2, -0.15) is 0 Å². The number of para-hydroxylation sites is 2. The topological polar surface area (TPSA) is 67.6 Å². The third-order valence-electron chi connectivity index (χ3n) is 3.69. The maximum Gasteiger partial charge on any atom is 0.236 e. The summed E-state index contributed by atoms with van der Waals surface area (Å²) in [5.74, 6) is 1.27. The van der Waals surface area contributed by atoms with Crippen LogP contribution in [0.4, 0.5) is 5.69 Å². The average Bonchev–Trinajstić information content (AvgIpc) is 2.93. The van der Waals surface area contributed by atoms with Gasteiger partial charge in [0.25, 0.3) is 0 Å². The Bertz CT molecular complexity index is 462. The summed E-state index contributed by atoms with van der Waals surface area (Å²) in [6.45, 7) is 4.30. The van der Waals surface area contributed by atoms with Crippen molar-refractivity contribution in [3.05, 3.63) is 24.3 Å². The van der Waals surface area contributed by atoms with Gasteiger partial charge in [-0.3, -0.25) is 4.79 Å². The number of methoxy groups -OCH3 is 1. The molecule has 0 aliphatic carbocycles. The Morgan fingerprint density at radius 1 is 1.55 bits per heavy atom. The minimum atomic E-state index is -0.443. The SMILES string of the molecule is COc1ccccc1N1CCC(CNC(=O)[C@@H](C)N)C1. The second-order valence-electron chi connectivity index (χ2n) is 5.31. The summed E-state index contributed by atoms with van der Waals surface area (Å²) in [7, 11) is 1.69. The van der Waals surface area contributed by atoms with Crippen LogP contribution in [0.1, 0.15) is 13.3 Å². The molecule has 1 unspecified atom stereocenters. The maximum absolute atomic E-state index is 11.5. The molecule has 5 nitrogen and oxygen atoms in total. The molecule has 1 heterocycles. The Hall–Kier alpha value is -1.75. The summed E-state index contributed by atoms with van der Waals surface area (Å²) in [6.07, 6.45) is 1.07. The molecule has 110 valence electrons. The van der Waals surface area contributed by atoms with E-state index in [-0.39, 0.29) is 5.91 Å². The van der Waals surface area contributed by atoms with Crippen LogP contribution in [0.5, 0.6) is 5.75 Å². The van der Waals surface area contributed by atoms with Crippen LogP contribution in [-0.2, 0) is 4.79 Å². The van der Waals surface area contributed by atoms with E-state index >= 15 is 0 Å². The minimum Gasteiger partial charge on any atom is -0.495 e. The first-order valence-electron chi connectivity index (χ1n) is 7.03. The second kappa shape index (κ2) is 6.61. The lowest BCUT2D eigenvalue weighted by Crippen LogP contribution is -2.40. The zero-order valence-electron chi connectivity index (χ0n) is 12.1. The Kier molecular flexibility index (Phi) is 4.84. The van der Waals surface area contributed by atoms with Crippen molar-refractivity contribution in [2.45, 2.75) is 19.4 Å². The van der Waals surface area contributed by atoms with E-state index in [1.54, 1.807) is 14.0 Å². The fourth-order valence-corrected chi connectivity index (χ4v) is 2.52. The van der Waals surface area contributed by atoms with Crippen molar-refractivity contribution in [1.82, 2.24) is 5.32 Å². The maximum atomic E-state index is 11.5. The van der Waals surface area contributed by atoms with Gasteiger partial charge in [0.1, 0.15) is 5.75 Å². The van der Waals surface area contributed by atoms with Gasteiger partial charge in [-0.1, -0.05) is 12.1 Å². The number of carbonyl (C=O) groups excluding carboxylic acids is 1. The molecule has 0 bridgehead atoms. The Morgan fingerprint density at radius 2 is 2.30 bits per heavy atom. The zero-order valence-corrected chi connectivity index (χ0v) is 12.1. The molecule has 3 N–H and O–H groups in total. The number of carbonyl (C=O) groups is 1. The number of benzene rings is 1. The molecule has 1 amide bonds. The molecule has 0 spiro atoms. The monoisotopic (exact) mass is 277 g/mol. The number of nitrogens with two attached hydrogens (primary N) is 1. The van der Waals surface area contributed by atoms with Gasteiger partial charge in [0, 0.05) is 19.6 Å². The van der Waals surface area contributed by atoms with Crippen molar-refractivity contribution in [3.63, 3.8) is 0 Å². The molecule has 1 saturated heterocycles. The second-order valence-corrected chi connectivity index (χ2v) is 5.31. The van der Waals surface area contributed by atoms with Crippen LogP contribution >= 0.6 is 0 Å². The first kappa shape index (κ1) is 14.7. The van der Waals surface area contributed by atoms with Gasteiger partial charge >= 0.3 is 0 Å². The largest absolute Gasteiger partial charge is 0.495 e. The van der Waals surface area contributed by atoms with Crippen LogP contribution in [0.25, 0.3) is 0 Å². The van der Waals surface area contributed by atoms with E-state index in [2.05, 4.69) is 16.3 Å². The summed E-state index contributed by atoms with van der Waals surface area (Å²) in [5.41, 5.74) is 6.66. The van der Waals surface area contributed by atoms with Crippen molar-refractivity contribution < 1.29 is 9.53 Å². The van der Waals surface area contributed by atoms with Crippen LogP contribution in [0, 0.1) is 5.92 Å². The fourth-order valence-electron chi connectivity index (χ4n) is 2.52. The minimum absolute atomic E-state index is 0.0826. The molecule has 2 atom stereocenters. The van der Waals surface area contributed by atoms with E-state index in [0.29, 0.717) is 12.5 Å². The van der Waals surface area contributed by atoms with E-state index in [0.717, 1.165) is 30.9 Å². The van der Waals surface area contributed by atoms with Gasteiger partial charge in [-0.25, -0.2) is 0 Å². The predicted octanol–water partition coefficient (Wildman–Crippen LogP) is 0.985. The molecule has 1 aromatic rings. The van der Waals surface area contributed by atoms with Crippen LogP contribution < -0.4 is 20.7 Å². The first-order valence-corrected chi connectivity index (χ1v) is 7.03. The highest BCUT2D eigenvalue weighted by molar-refractivity contribution is 5.80. The normalized spacial score (nSPS) is 19.8. The van der Waals surface area contributed by atoms with Crippen LogP contribution in [-0.4, -0.2) is 38.7 Å². The van der Waals surface area contributed by atoms with E-state index in [9.17, 15) is 4.79 Å². The summed E-state index contributed by atoms with van der Waals surface area (Å²) in [4.78, 5) is 13.8. The molecule has 1 aliphatic heterocycles. The van der Waals surface area contributed by atoms with Crippen LogP contribution in [0.15, 0.2) is 24.3 Å². The van der Waals surface area contributed by atoms with Gasteiger partial charge in [0.05, 0.1) is 18.8 Å². The Morgan fingerprint density at radius 3 is 3.00 bits per heavy atom. The molecule has 20 heavy (non-hydrogen) atoms. The van der Waals surface area contributed by atoms with E-state index in [4.69, 9.17) is 10.5 Å². The smallest absolute Gasteiger partial charge is 0.236 e. The van der Waals surface area contributed by atoms with Crippen molar-refractivity contribution >= 4 is 11.6 Å². The number of hydrogen-bond donors (Lipinski definition) is 2. The molecule has 0 saturated carbocycles. The third kappa shape index (κ3) is 3.42. The summed E-state index contributed by atoms with van der Waals surface area (Å²) in [6, 6.07) is 7.59. The number of rotatable bonds is 5.